The fraction of sp³-hybridized carbons (Fsp3) is 0.143. The van der Waals surface area contributed by atoms with E-state index in [1.165, 1.54) is 0 Å². The van der Waals surface area contributed by atoms with Crippen LogP contribution >= 0.6 is 23.2 Å². The van der Waals surface area contributed by atoms with Crippen LogP contribution in [0.2, 0.25) is 0 Å². The fourth-order valence-corrected chi connectivity index (χ4v) is 1.13. The SMILES string of the molecule is C=C1C(Cl)=[C-]N(C)C=C1Cl.[Y]. The van der Waals surface area contributed by atoms with Crippen molar-refractivity contribution in [1.29, 1.82) is 0 Å². The zero-order valence-corrected chi connectivity index (χ0v) is 10.4. The van der Waals surface area contributed by atoms with E-state index in [9.17, 15) is 0 Å². The van der Waals surface area contributed by atoms with E-state index in [0.717, 1.165) is 0 Å². The molecule has 0 saturated carbocycles. The first-order valence-corrected chi connectivity index (χ1v) is 3.46. The molecule has 0 aromatic carbocycles. The van der Waals surface area contributed by atoms with E-state index in [-0.39, 0.29) is 32.7 Å². The number of nitrogens with zero attached hydrogens (tertiary/aromatic N) is 1. The van der Waals surface area contributed by atoms with Crippen molar-refractivity contribution in [3.63, 3.8) is 0 Å². The van der Waals surface area contributed by atoms with Gasteiger partial charge < -0.3 is 4.90 Å². The number of hydrogen-bond acceptors (Lipinski definition) is 1. The first-order chi connectivity index (χ1) is 4.61. The third-order valence-electron chi connectivity index (χ3n) is 1.13. The molecule has 0 aromatic rings. The van der Waals surface area contributed by atoms with E-state index in [1.807, 2.05) is 0 Å². The minimum atomic E-state index is 0. The van der Waals surface area contributed by atoms with Gasteiger partial charge in [0.25, 0.3) is 0 Å². The van der Waals surface area contributed by atoms with Crippen LogP contribution in [-0.2, 0) is 32.7 Å². The quantitative estimate of drug-likeness (QED) is 0.607. The Kier molecular flexibility index (Phi) is 4.96. The molecule has 0 atom stereocenters. The Bertz CT molecular complexity index is 211. The molecule has 0 aromatic heterocycles. The number of halogens is 2. The summed E-state index contributed by atoms with van der Waals surface area (Å²) >= 11 is 11.4. The first kappa shape index (κ1) is 11.7. The molecule has 1 heterocycles. The van der Waals surface area contributed by atoms with Gasteiger partial charge in [0.1, 0.15) is 0 Å². The third-order valence-corrected chi connectivity index (χ3v) is 1.77. The van der Waals surface area contributed by atoms with Crippen LogP contribution in [0.5, 0.6) is 0 Å². The van der Waals surface area contributed by atoms with E-state index >= 15 is 0 Å². The standard InChI is InChI=1S/C7H6Cl2N.Y/c1-5-6(8)3-10(2)4-7(5)9;/h3H,1H2,2H3;/q-1;. The molecular weight excluding hydrogens is 258 g/mol. The van der Waals surface area contributed by atoms with Crippen LogP contribution in [0, 0.1) is 6.20 Å². The minimum absolute atomic E-state index is 0. The van der Waals surface area contributed by atoms with Gasteiger partial charge in [-0.1, -0.05) is 12.4 Å². The molecule has 1 aliphatic rings. The molecule has 1 nitrogen and oxygen atoms in total. The zero-order chi connectivity index (χ0) is 7.72. The second-order valence-electron chi connectivity index (χ2n) is 1.99. The van der Waals surface area contributed by atoms with Gasteiger partial charge in [0, 0.05) is 32.7 Å². The monoisotopic (exact) mass is 263 g/mol. The van der Waals surface area contributed by atoms with E-state index in [0.29, 0.717) is 15.6 Å². The Labute approximate surface area is 102 Å². The maximum Gasteiger partial charge on any atom is 0 e. The summed E-state index contributed by atoms with van der Waals surface area (Å²) < 4.78 is 0. The molecule has 0 fully saturated rings. The van der Waals surface area contributed by atoms with Gasteiger partial charge in [-0.15, -0.1) is 35.4 Å². The van der Waals surface area contributed by atoms with Crippen LogP contribution < -0.4 is 0 Å². The molecular formula is C7H6Cl2NY-. The molecule has 0 N–H and O–H groups in total. The van der Waals surface area contributed by atoms with Gasteiger partial charge in [0.2, 0.25) is 0 Å². The fourth-order valence-electron chi connectivity index (χ4n) is 0.607. The Balaban J connectivity index is 0.000001000. The van der Waals surface area contributed by atoms with Crippen molar-refractivity contribution in [1.82, 2.24) is 4.90 Å². The van der Waals surface area contributed by atoms with E-state index < -0.39 is 0 Å². The number of rotatable bonds is 0. The van der Waals surface area contributed by atoms with Crippen molar-refractivity contribution in [3.05, 3.63) is 34.6 Å². The second-order valence-corrected chi connectivity index (χ2v) is 2.78. The molecule has 1 radical (unpaired) electrons. The van der Waals surface area contributed by atoms with Crippen LogP contribution in [0.3, 0.4) is 0 Å². The molecule has 1 aliphatic heterocycles. The van der Waals surface area contributed by atoms with Gasteiger partial charge in [0.05, 0.1) is 0 Å². The summed E-state index contributed by atoms with van der Waals surface area (Å²) in [6, 6.07) is 0. The summed E-state index contributed by atoms with van der Waals surface area (Å²) in [7, 11) is 1.80. The molecule has 0 amide bonds. The van der Waals surface area contributed by atoms with E-state index in [4.69, 9.17) is 23.2 Å². The maximum absolute atomic E-state index is 5.73. The predicted octanol–water partition coefficient (Wildman–Crippen LogP) is 2.45. The predicted molar refractivity (Wildman–Crippen MR) is 43.4 cm³/mol. The average molecular weight is 264 g/mol. The van der Waals surface area contributed by atoms with Gasteiger partial charge in [-0.25, -0.2) is 0 Å². The Hall–Kier alpha value is 0.704. The molecule has 0 unspecified atom stereocenters. The molecule has 1 rings (SSSR count). The molecule has 0 saturated heterocycles. The largest absolute Gasteiger partial charge is 0.461 e. The van der Waals surface area contributed by atoms with Crippen molar-refractivity contribution in [2.75, 3.05) is 7.05 Å². The third kappa shape index (κ3) is 2.91. The van der Waals surface area contributed by atoms with E-state index in [2.05, 4.69) is 12.8 Å². The van der Waals surface area contributed by atoms with E-state index in [1.54, 1.807) is 18.1 Å². The van der Waals surface area contributed by atoms with Crippen molar-refractivity contribution < 1.29 is 32.7 Å². The Morgan fingerprint density at radius 2 is 2.09 bits per heavy atom. The first-order valence-electron chi connectivity index (χ1n) is 2.70. The van der Waals surface area contributed by atoms with Crippen molar-refractivity contribution in [2.24, 2.45) is 0 Å². The topological polar surface area (TPSA) is 3.24 Å². The van der Waals surface area contributed by atoms with Crippen LogP contribution in [-0.4, -0.2) is 11.9 Å². The number of allylic oxidation sites excluding steroid dienone is 3. The van der Waals surface area contributed by atoms with Gasteiger partial charge >= 0.3 is 0 Å². The van der Waals surface area contributed by atoms with Gasteiger partial charge in [-0.3, -0.25) is 0 Å². The Morgan fingerprint density at radius 1 is 1.55 bits per heavy atom. The summed E-state index contributed by atoms with van der Waals surface area (Å²) in [5, 5.41) is 1.03. The van der Waals surface area contributed by atoms with Crippen LogP contribution in [0.25, 0.3) is 0 Å². The Morgan fingerprint density at radius 3 is 2.55 bits per heavy atom. The van der Waals surface area contributed by atoms with Gasteiger partial charge in [0.15, 0.2) is 0 Å². The van der Waals surface area contributed by atoms with Crippen molar-refractivity contribution >= 4 is 23.2 Å². The summed E-state index contributed by atoms with van der Waals surface area (Å²) in [5.74, 6) is 0. The summed E-state index contributed by atoms with van der Waals surface area (Å²) in [5.41, 5.74) is 0.626. The normalized spacial score (nSPS) is 17.0. The zero-order valence-electron chi connectivity index (χ0n) is 6.06. The molecule has 11 heavy (non-hydrogen) atoms. The summed E-state index contributed by atoms with van der Waals surface area (Å²) in [6.45, 7) is 3.65. The second kappa shape index (κ2) is 4.66. The van der Waals surface area contributed by atoms with Gasteiger partial charge in [-0.2, -0.15) is 0 Å². The van der Waals surface area contributed by atoms with Crippen LogP contribution in [0.1, 0.15) is 0 Å². The van der Waals surface area contributed by atoms with Crippen molar-refractivity contribution in [3.8, 4) is 0 Å². The van der Waals surface area contributed by atoms with Crippen molar-refractivity contribution in [2.45, 2.75) is 0 Å². The molecule has 0 spiro atoms. The molecule has 0 bridgehead atoms. The smallest absolute Gasteiger partial charge is 0 e. The maximum atomic E-state index is 5.73. The van der Waals surface area contributed by atoms with Crippen LogP contribution in [0.15, 0.2) is 28.4 Å². The molecule has 4 heteroatoms. The minimum Gasteiger partial charge on any atom is -0.461 e. The summed E-state index contributed by atoms with van der Waals surface area (Å²) in [6.07, 6.45) is 4.52. The molecule has 57 valence electrons. The van der Waals surface area contributed by atoms with Gasteiger partial charge in [-0.05, 0) is 17.1 Å². The average Bonchev–Trinajstić information content (AvgIpc) is 1.82. The summed E-state index contributed by atoms with van der Waals surface area (Å²) in [4.78, 5) is 1.67. The number of hydrogen-bond donors (Lipinski definition) is 0. The molecule has 0 aliphatic carbocycles. The van der Waals surface area contributed by atoms with Crippen LogP contribution in [0.4, 0.5) is 0 Å².